The molecular formula is C44H68N6O8Si2. The van der Waals surface area contributed by atoms with Gasteiger partial charge in [-0.2, -0.15) is 14.7 Å². The molecule has 60 heavy (non-hydrogen) atoms. The third-order valence-electron chi connectivity index (χ3n) is 10.6. The van der Waals surface area contributed by atoms with Crippen LogP contribution in [-0.4, -0.2) is 126 Å². The summed E-state index contributed by atoms with van der Waals surface area (Å²) in [5.74, 6) is 0.374. The summed E-state index contributed by atoms with van der Waals surface area (Å²) in [5.41, 5.74) is 3.98. The zero-order valence-corrected chi connectivity index (χ0v) is 39.4. The van der Waals surface area contributed by atoms with E-state index in [-0.39, 0.29) is 25.1 Å². The average molecular weight is 865 g/mol. The third-order valence-corrected chi connectivity index (χ3v) is 14.0. The summed E-state index contributed by atoms with van der Waals surface area (Å²) in [4.78, 5) is 21.3. The standard InChI is InChI=1S/C44H68N6O8Si2/c1-10-54-21-18-38-40(35-16-19-44(20-17-35,58-25-23-53-3)43(51)57-24-22-52-2)47-41-39(36-30-45-49(32-36)37-14-12-11-13-15-37)31-46-50(41)42(38)48(33-55-26-28-59(4,5)6)34-56-27-29-60(7,8)9/h11-15,18,21,30-32,35H,10,16-17,19-20,22-29,33-34H2,1-9H3. The Morgan fingerprint density at radius 3 is 2.13 bits per heavy atom. The van der Waals surface area contributed by atoms with Crippen molar-refractivity contribution in [2.24, 2.45) is 0 Å². The highest BCUT2D eigenvalue weighted by Crippen LogP contribution is 2.44. The largest absolute Gasteiger partial charge is 0.501 e. The lowest BCUT2D eigenvalue weighted by Crippen LogP contribution is -2.46. The lowest BCUT2D eigenvalue weighted by atomic mass is 9.76. The van der Waals surface area contributed by atoms with Crippen LogP contribution >= 0.6 is 0 Å². The molecule has 0 N–H and O–H groups in total. The fraction of sp³-hybridized carbons (Fsp3) is 0.591. The predicted molar refractivity (Wildman–Crippen MR) is 241 cm³/mol. The van der Waals surface area contributed by atoms with Crippen molar-refractivity contribution < 1.29 is 38.0 Å². The van der Waals surface area contributed by atoms with Gasteiger partial charge in [-0.05, 0) is 62.9 Å². The molecule has 0 unspecified atom stereocenters. The van der Waals surface area contributed by atoms with E-state index in [2.05, 4.69) is 44.2 Å². The number of ether oxygens (including phenoxy) is 7. The molecule has 16 heteroatoms. The Morgan fingerprint density at radius 1 is 0.867 bits per heavy atom. The number of anilines is 1. The van der Waals surface area contributed by atoms with Gasteiger partial charge >= 0.3 is 5.97 Å². The number of carbonyl (C=O) groups is 1. The minimum absolute atomic E-state index is 0.0433. The topological polar surface area (TPSA) is 133 Å². The summed E-state index contributed by atoms with van der Waals surface area (Å²) in [5, 5.41) is 9.75. The number of esters is 1. The zero-order valence-electron chi connectivity index (χ0n) is 37.4. The molecule has 1 aliphatic rings. The van der Waals surface area contributed by atoms with Crippen LogP contribution < -0.4 is 4.90 Å². The first-order valence-electron chi connectivity index (χ1n) is 21.3. The maximum absolute atomic E-state index is 13.7. The Bertz CT molecular complexity index is 1930. The van der Waals surface area contributed by atoms with Crippen molar-refractivity contribution in [1.29, 1.82) is 0 Å². The number of benzene rings is 1. The van der Waals surface area contributed by atoms with Crippen molar-refractivity contribution in [2.45, 2.75) is 95.5 Å². The first kappa shape index (κ1) is 47.1. The molecule has 0 spiro atoms. The van der Waals surface area contributed by atoms with Crippen molar-refractivity contribution in [3.63, 3.8) is 0 Å². The van der Waals surface area contributed by atoms with Crippen LogP contribution in [0.2, 0.25) is 51.4 Å². The first-order valence-corrected chi connectivity index (χ1v) is 28.7. The van der Waals surface area contributed by atoms with Crippen molar-refractivity contribution >= 4 is 39.7 Å². The molecule has 0 saturated heterocycles. The molecule has 1 aliphatic carbocycles. The molecule has 0 bridgehead atoms. The highest BCUT2D eigenvalue weighted by atomic mass is 28.3. The number of nitrogens with zero attached hydrogens (tertiary/aromatic N) is 6. The molecule has 3 heterocycles. The Kier molecular flexibility index (Phi) is 17.5. The molecule has 5 rings (SSSR count). The maximum Gasteiger partial charge on any atom is 0.338 e. The van der Waals surface area contributed by atoms with Gasteiger partial charge in [0.1, 0.15) is 25.9 Å². The summed E-state index contributed by atoms with van der Waals surface area (Å²) < 4.78 is 45.1. The summed E-state index contributed by atoms with van der Waals surface area (Å²) in [7, 11) is 0.494. The number of methoxy groups -OCH3 is 2. The monoisotopic (exact) mass is 864 g/mol. The van der Waals surface area contributed by atoms with Gasteiger partial charge in [-0.3, -0.25) is 0 Å². The molecule has 330 valence electrons. The molecule has 0 radical (unpaired) electrons. The first-order chi connectivity index (χ1) is 28.8. The molecule has 0 amide bonds. The van der Waals surface area contributed by atoms with Gasteiger partial charge in [-0.1, -0.05) is 57.5 Å². The molecule has 1 aromatic carbocycles. The fourth-order valence-electron chi connectivity index (χ4n) is 7.08. The molecule has 0 atom stereocenters. The van der Waals surface area contributed by atoms with Gasteiger partial charge in [0, 0.05) is 72.4 Å². The Hall–Kier alpha value is -3.91. The number of hydrogen-bond acceptors (Lipinski definition) is 12. The molecule has 0 aliphatic heterocycles. The average Bonchev–Trinajstić information content (AvgIpc) is 3.88. The Balaban J connectivity index is 1.64. The summed E-state index contributed by atoms with van der Waals surface area (Å²) in [6, 6.07) is 12.1. The number of aromatic nitrogens is 5. The molecule has 3 aromatic heterocycles. The van der Waals surface area contributed by atoms with Crippen molar-refractivity contribution in [3.8, 4) is 16.8 Å². The van der Waals surface area contributed by atoms with Gasteiger partial charge in [0.2, 0.25) is 0 Å². The number of para-hydroxylation sites is 1. The van der Waals surface area contributed by atoms with E-state index < -0.39 is 21.7 Å². The van der Waals surface area contributed by atoms with Gasteiger partial charge in [-0.15, -0.1) is 0 Å². The number of fused-ring (bicyclic) bond motifs is 1. The normalized spacial score (nSPS) is 17.4. The molecule has 14 nitrogen and oxygen atoms in total. The van der Waals surface area contributed by atoms with Crippen LogP contribution in [0.25, 0.3) is 28.5 Å². The van der Waals surface area contributed by atoms with E-state index in [9.17, 15) is 4.79 Å². The number of carbonyl (C=O) groups excluding carboxylic acids is 1. The van der Waals surface area contributed by atoms with Crippen LogP contribution in [0.1, 0.15) is 49.8 Å². The van der Waals surface area contributed by atoms with Gasteiger partial charge in [0.05, 0.1) is 56.5 Å². The quantitative estimate of drug-likeness (QED) is 0.0209. The van der Waals surface area contributed by atoms with Crippen molar-refractivity contribution in [2.75, 3.05) is 78.8 Å². The van der Waals surface area contributed by atoms with Crippen molar-refractivity contribution in [3.05, 3.63) is 66.4 Å². The molecular weight excluding hydrogens is 797 g/mol. The lowest BCUT2D eigenvalue weighted by molar-refractivity contribution is -0.180. The second-order valence-electron chi connectivity index (χ2n) is 17.8. The second kappa shape index (κ2) is 22.3. The van der Waals surface area contributed by atoms with Gasteiger partial charge < -0.3 is 38.1 Å². The maximum atomic E-state index is 13.7. The smallest absolute Gasteiger partial charge is 0.338 e. The van der Waals surface area contributed by atoms with Gasteiger partial charge in [0.25, 0.3) is 0 Å². The molecule has 1 saturated carbocycles. The van der Waals surface area contributed by atoms with E-state index in [0.717, 1.165) is 46.0 Å². The zero-order chi connectivity index (χ0) is 43.2. The SMILES string of the molecule is CCOC=Cc1c(C2CCC(OCCOC)(C(=O)OCCOC)CC2)nc2c(-c3cnn(-c4ccccc4)c3)cnn2c1N(COCC[Si](C)(C)C)COCC[Si](C)(C)C. The third kappa shape index (κ3) is 13.1. The fourth-order valence-corrected chi connectivity index (χ4v) is 8.60. The van der Waals surface area contributed by atoms with Crippen LogP contribution in [-0.2, 0) is 38.0 Å². The van der Waals surface area contributed by atoms with E-state index in [1.54, 1.807) is 20.5 Å². The van der Waals surface area contributed by atoms with Crippen LogP contribution in [0.3, 0.4) is 0 Å². The minimum atomic E-state index is -1.36. The summed E-state index contributed by atoms with van der Waals surface area (Å²) in [6.07, 6.45) is 11.6. The van der Waals surface area contributed by atoms with E-state index in [0.29, 0.717) is 77.8 Å². The molecule has 4 aromatic rings. The Labute approximate surface area is 358 Å². The predicted octanol–water partition coefficient (Wildman–Crippen LogP) is 8.27. The van der Waals surface area contributed by atoms with Crippen LogP contribution in [0.15, 0.2) is 55.2 Å². The van der Waals surface area contributed by atoms with E-state index in [1.807, 2.05) is 71.1 Å². The highest BCUT2D eigenvalue weighted by molar-refractivity contribution is 6.76. The van der Waals surface area contributed by atoms with E-state index in [4.69, 9.17) is 48.3 Å². The van der Waals surface area contributed by atoms with Crippen LogP contribution in [0.4, 0.5) is 5.82 Å². The van der Waals surface area contributed by atoms with Crippen molar-refractivity contribution in [1.82, 2.24) is 24.4 Å². The van der Waals surface area contributed by atoms with E-state index >= 15 is 0 Å². The summed E-state index contributed by atoms with van der Waals surface area (Å²) in [6.45, 7) is 19.6. The van der Waals surface area contributed by atoms with Gasteiger partial charge in [0.15, 0.2) is 11.2 Å². The van der Waals surface area contributed by atoms with Crippen LogP contribution in [0, 0.1) is 0 Å². The molecule has 1 fully saturated rings. The minimum Gasteiger partial charge on any atom is -0.501 e. The van der Waals surface area contributed by atoms with E-state index in [1.165, 1.54) is 0 Å². The van der Waals surface area contributed by atoms with Crippen LogP contribution in [0.5, 0.6) is 0 Å². The second-order valence-corrected chi connectivity index (χ2v) is 29.0. The Morgan fingerprint density at radius 2 is 1.52 bits per heavy atom. The summed E-state index contributed by atoms with van der Waals surface area (Å²) >= 11 is 0. The van der Waals surface area contributed by atoms with Gasteiger partial charge in [-0.25, -0.2) is 14.5 Å². The number of rotatable bonds is 25. The number of hydrogen-bond donors (Lipinski definition) is 0. The lowest BCUT2D eigenvalue weighted by Gasteiger charge is -2.38. The highest BCUT2D eigenvalue weighted by Gasteiger charge is 2.45.